The number of aliphatic carboxylic acids is 1. The predicted molar refractivity (Wildman–Crippen MR) is 49.8 cm³/mol. The summed E-state index contributed by atoms with van der Waals surface area (Å²) in [6.45, 7) is 1.78. The van der Waals surface area contributed by atoms with Crippen molar-refractivity contribution in [3.63, 3.8) is 0 Å². The van der Waals surface area contributed by atoms with Crippen molar-refractivity contribution in [3.05, 3.63) is 0 Å². The second-order valence-corrected chi connectivity index (χ2v) is 3.31. The van der Waals surface area contributed by atoms with Gasteiger partial charge in [0, 0.05) is 19.6 Å². The van der Waals surface area contributed by atoms with Crippen LogP contribution in [0.1, 0.15) is 12.8 Å². The topological polar surface area (TPSA) is 95.7 Å². The van der Waals surface area contributed by atoms with Crippen LogP contribution in [-0.4, -0.2) is 47.7 Å². The maximum absolute atomic E-state index is 11.2. The van der Waals surface area contributed by atoms with Gasteiger partial charge in [-0.25, -0.2) is 4.79 Å². The van der Waals surface area contributed by atoms with Crippen LogP contribution in [-0.2, 0) is 4.79 Å². The average molecular weight is 201 g/mol. The van der Waals surface area contributed by atoms with Crippen LogP contribution in [0.4, 0.5) is 4.79 Å². The fourth-order valence-electron chi connectivity index (χ4n) is 1.31. The Morgan fingerprint density at radius 3 is 3.00 bits per heavy atom. The van der Waals surface area contributed by atoms with E-state index in [1.807, 2.05) is 0 Å². The van der Waals surface area contributed by atoms with Gasteiger partial charge in [0.1, 0.15) is 6.04 Å². The molecule has 0 bridgehead atoms. The summed E-state index contributed by atoms with van der Waals surface area (Å²) >= 11 is 0. The summed E-state index contributed by atoms with van der Waals surface area (Å²) in [6, 6.07) is -1.02. The summed E-state index contributed by atoms with van der Waals surface area (Å²) in [7, 11) is 0. The summed E-state index contributed by atoms with van der Waals surface area (Å²) in [5.41, 5.74) is 5.32. The van der Waals surface area contributed by atoms with Gasteiger partial charge >= 0.3 is 12.0 Å². The molecule has 1 fully saturated rings. The normalized spacial score (nSPS) is 18.9. The molecule has 0 spiro atoms. The van der Waals surface area contributed by atoms with Crippen LogP contribution in [0.5, 0.6) is 0 Å². The first kappa shape index (κ1) is 10.8. The van der Waals surface area contributed by atoms with Crippen LogP contribution in [0.25, 0.3) is 0 Å². The molecule has 80 valence electrons. The zero-order valence-corrected chi connectivity index (χ0v) is 7.90. The predicted octanol–water partition coefficient (Wildman–Crippen LogP) is -0.796. The van der Waals surface area contributed by atoms with Crippen molar-refractivity contribution in [3.8, 4) is 0 Å². The van der Waals surface area contributed by atoms with Crippen LogP contribution in [0, 0.1) is 0 Å². The maximum Gasteiger partial charge on any atom is 0.320 e. The Hall–Kier alpha value is -1.30. The number of urea groups is 1. The van der Waals surface area contributed by atoms with Gasteiger partial charge in [0.25, 0.3) is 0 Å². The number of nitrogens with one attached hydrogen (secondary N) is 1. The average Bonchev–Trinajstić information content (AvgIpc) is 2.16. The lowest BCUT2D eigenvalue weighted by Gasteiger charge is -2.27. The second-order valence-electron chi connectivity index (χ2n) is 3.31. The summed E-state index contributed by atoms with van der Waals surface area (Å²) in [4.78, 5) is 23.2. The lowest BCUT2D eigenvalue weighted by atomic mass is 10.2. The van der Waals surface area contributed by atoms with E-state index in [2.05, 4.69) is 5.32 Å². The van der Waals surface area contributed by atoms with Crippen molar-refractivity contribution < 1.29 is 14.7 Å². The Labute approximate surface area is 82.1 Å². The van der Waals surface area contributed by atoms with Gasteiger partial charge in [-0.2, -0.15) is 0 Å². The van der Waals surface area contributed by atoms with Gasteiger partial charge in [0.05, 0.1) is 0 Å². The molecule has 0 saturated carbocycles. The molecule has 0 aliphatic carbocycles. The highest BCUT2D eigenvalue weighted by Gasteiger charge is 2.19. The molecule has 0 aromatic carbocycles. The first-order valence-electron chi connectivity index (χ1n) is 4.62. The van der Waals surface area contributed by atoms with Crippen molar-refractivity contribution in [2.45, 2.75) is 18.9 Å². The first-order valence-corrected chi connectivity index (χ1v) is 4.62. The Bertz CT molecular complexity index is 232. The van der Waals surface area contributed by atoms with Gasteiger partial charge < -0.3 is 21.1 Å². The zero-order chi connectivity index (χ0) is 10.6. The van der Waals surface area contributed by atoms with Crippen molar-refractivity contribution >= 4 is 12.0 Å². The summed E-state index contributed by atoms with van der Waals surface area (Å²) < 4.78 is 0. The van der Waals surface area contributed by atoms with Crippen molar-refractivity contribution in [2.75, 3.05) is 19.6 Å². The fraction of sp³-hybridized carbons (Fsp3) is 0.750. The molecule has 1 saturated heterocycles. The van der Waals surface area contributed by atoms with Crippen LogP contribution in [0.2, 0.25) is 0 Å². The number of hydrogen-bond donors (Lipinski definition) is 3. The third-order valence-electron chi connectivity index (χ3n) is 2.20. The minimum atomic E-state index is -1.03. The summed E-state index contributed by atoms with van der Waals surface area (Å²) in [5, 5.41) is 11.2. The van der Waals surface area contributed by atoms with E-state index < -0.39 is 12.0 Å². The number of hydrogen-bond acceptors (Lipinski definition) is 3. The van der Waals surface area contributed by atoms with Gasteiger partial charge in [-0.3, -0.25) is 4.79 Å². The van der Waals surface area contributed by atoms with E-state index in [1.165, 1.54) is 0 Å². The molecule has 0 aromatic rings. The summed E-state index contributed by atoms with van der Waals surface area (Å²) in [6.07, 6.45) is 1.19. The number of carboxylic acid groups (broad SMARTS) is 1. The second kappa shape index (κ2) is 4.80. The lowest BCUT2D eigenvalue weighted by Crippen LogP contribution is -2.48. The number of nitrogens with zero attached hydrogens (tertiary/aromatic N) is 1. The molecular weight excluding hydrogens is 186 g/mol. The highest BCUT2D eigenvalue weighted by molar-refractivity contribution is 5.75. The van der Waals surface area contributed by atoms with Gasteiger partial charge in [-0.15, -0.1) is 0 Å². The number of carbonyl (C=O) groups is 2. The third-order valence-corrected chi connectivity index (χ3v) is 2.20. The molecule has 1 atom stereocenters. The summed E-state index contributed by atoms with van der Waals surface area (Å²) in [5.74, 6) is -1.03. The molecule has 6 nitrogen and oxygen atoms in total. The highest BCUT2D eigenvalue weighted by atomic mass is 16.4. The smallest absolute Gasteiger partial charge is 0.320 e. The highest BCUT2D eigenvalue weighted by Crippen LogP contribution is 2.01. The van der Waals surface area contributed by atoms with Gasteiger partial charge in [0.15, 0.2) is 0 Å². The van der Waals surface area contributed by atoms with E-state index in [0.29, 0.717) is 26.1 Å². The Kier molecular flexibility index (Phi) is 3.70. The Morgan fingerprint density at radius 1 is 1.71 bits per heavy atom. The number of amides is 2. The molecule has 1 rings (SSSR count). The van der Waals surface area contributed by atoms with Crippen molar-refractivity contribution in [2.24, 2.45) is 5.73 Å². The Balaban J connectivity index is 2.29. The van der Waals surface area contributed by atoms with E-state index in [9.17, 15) is 9.59 Å². The molecule has 4 N–H and O–H groups in total. The minimum absolute atomic E-state index is 0.131. The molecule has 0 radical (unpaired) electrons. The van der Waals surface area contributed by atoms with Gasteiger partial charge in [-0.1, -0.05) is 0 Å². The largest absolute Gasteiger partial charge is 0.480 e. The van der Waals surface area contributed by atoms with E-state index in [1.54, 1.807) is 4.90 Å². The molecule has 0 aromatic heterocycles. The van der Waals surface area contributed by atoms with Gasteiger partial charge in [-0.05, 0) is 12.8 Å². The lowest BCUT2D eigenvalue weighted by molar-refractivity contribution is -0.138. The molecule has 1 heterocycles. The van der Waals surface area contributed by atoms with Crippen LogP contribution >= 0.6 is 0 Å². The first-order chi connectivity index (χ1) is 6.61. The molecule has 1 aliphatic rings. The van der Waals surface area contributed by atoms with Crippen LogP contribution < -0.4 is 11.1 Å². The van der Waals surface area contributed by atoms with E-state index in [-0.39, 0.29) is 6.03 Å². The third kappa shape index (κ3) is 2.88. The van der Waals surface area contributed by atoms with E-state index in [0.717, 1.165) is 6.42 Å². The fourth-order valence-corrected chi connectivity index (χ4v) is 1.31. The molecule has 14 heavy (non-hydrogen) atoms. The minimum Gasteiger partial charge on any atom is -0.480 e. The van der Waals surface area contributed by atoms with Crippen LogP contribution in [0.15, 0.2) is 0 Å². The standard InChI is InChI=1S/C8H15N3O3/c9-6(7(12)13)2-5-11-4-1-3-10-8(11)14/h6H,1-5,9H2,(H,10,14)(H,12,13). The maximum atomic E-state index is 11.2. The zero-order valence-electron chi connectivity index (χ0n) is 7.90. The quantitative estimate of drug-likeness (QED) is 0.555. The monoisotopic (exact) mass is 201 g/mol. The SMILES string of the molecule is NC(CCN1CCCNC1=O)C(=O)O. The van der Waals surface area contributed by atoms with E-state index >= 15 is 0 Å². The van der Waals surface area contributed by atoms with E-state index in [4.69, 9.17) is 10.8 Å². The molecule has 6 heteroatoms. The van der Waals surface area contributed by atoms with Crippen LogP contribution in [0.3, 0.4) is 0 Å². The number of carbonyl (C=O) groups excluding carboxylic acids is 1. The molecular formula is C8H15N3O3. The Morgan fingerprint density at radius 2 is 2.43 bits per heavy atom. The molecule has 1 aliphatic heterocycles. The molecule has 2 amide bonds. The number of rotatable bonds is 4. The van der Waals surface area contributed by atoms with Crippen molar-refractivity contribution in [1.82, 2.24) is 10.2 Å². The van der Waals surface area contributed by atoms with Crippen molar-refractivity contribution in [1.29, 1.82) is 0 Å². The number of carboxylic acids is 1. The number of nitrogens with two attached hydrogens (primary N) is 1. The molecule has 1 unspecified atom stereocenters. The van der Waals surface area contributed by atoms with Gasteiger partial charge in [0.2, 0.25) is 0 Å².